The van der Waals surface area contributed by atoms with Crippen molar-refractivity contribution in [2.45, 2.75) is 50.1 Å². The molecule has 3 heterocycles. The summed E-state index contributed by atoms with van der Waals surface area (Å²) in [6, 6.07) is 4.00. The van der Waals surface area contributed by atoms with Crippen LogP contribution in [0.4, 0.5) is 0 Å². The van der Waals surface area contributed by atoms with Crippen molar-refractivity contribution in [3.63, 3.8) is 0 Å². The number of nitrogens with zero attached hydrogens (tertiary/aromatic N) is 1. The lowest BCUT2D eigenvalue weighted by atomic mass is 9.85. The number of nitrogens with one attached hydrogen (secondary N) is 3. The lowest BCUT2D eigenvalue weighted by molar-refractivity contribution is -0.124. The summed E-state index contributed by atoms with van der Waals surface area (Å²) in [7, 11) is 0. The number of aromatic amines is 1. The molecule has 5 nitrogen and oxygen atoms in total. The van der Waals surface area contributed by atoms with Gasteiger partial charge in [0.15, 0.2) is 0 Å². The molecule has 23 heavy (non-hydrogen) atoms. The number of rotatable bonds is 4. The number of carbonyl (C=O) groups is 1. The Morgan fingerprint density at radius 1 is 1.43 bits per heavy atom. The molecule has 0 bridgehead atoms. The van der Waals surface area contributed by atoms with Gasteiger partial charge in [-0.3, -0.25) is 10.1 Å². The van der Waals surface area contributed by atoms with Crippen LogP contribution in [-0.2, 0) is 23.2 Å². The van der Waals surface area contributed by atoms with Crippen molar-refractivity contribution in [3.8, 4) is 0 Å². The Morgan fingerprint density at radius 3 is 3.09 bits per heavy atom. The molecule has 1 unspecified atom stereocenters. The highest BCUT2D eigenvalue weighted by molar-refractivity contribution is 7.09. The van der Waals surface area contributed by atoms with E-state index in [4.69, 9.17) is 0 Å². The molecule has 6 heteroatoms. The van der Waals surface area contributed by atoms with Gasteiger partial charge in [-0.1, -0.05) is 18.9 Å². The molecule has 1 amide bonds. The van der Waals surface area contributed by atoms with E-state index in [1.54, 1.807) is 17.7 Å². The molecule has 1 aliphatic heterocycles. The highest BCUT2D eigenvalue weighted by Gasteiger charge is 2.45. The van der Waals surface area contributed by atoms with Gasteiger partial charge in [0.25, 0.3) is 0 Å². The average Bonchev–Trinajstić information content (AvgIpc) is 3.28. The van der Waals surface area contributed by atoms with E-state index in [0.717, 1.165) is 30.7 Å². The zero-order valence-corrected chi connectivity index (χ0v) is 13.9. The fourth-order valence-corrected chi connectivity index (χ4v) is 4.66. The minimum Gasteiger partial charge on any atom is -0.354 e. The summed E-state index contributed by atoms with van der Waals surface area (Å²) < 4.78 is 0. The first-order valence-electron chi connectivity index (χ1n) is 8.37. The van der Waals surface area contributed by atoms with Gasteiger partial charge in [0.2, 0.25) is 5.91 Å². The number of thiophene rings is 1. The molecule has 0 radical (unpaired) electrons. The lowest BCUT2D eigenvalue weighted by Gasteiger charge is -2.38. The van der Waals surface area contributed by atoms with Crippen LogP contribution in [0.2, 0.25) is 0 Å². The Hall–Kier alpha value is -1.66. The van der Waals surface area contributed by atoms with Gasteiger partial charge in [0.05, 0.1) is 23.6 Å². The molecular formula is C17H22N4OS. The Kier molecular flexibility index (Phi) is 3.95. The molecule has 1 fully saturated rings. The summed E-state index contributed by atoms with van der Waals surface area (Å²) in [5.74, 6) is 0.105. The summed E-state index contributed by atoms with van der Waals surface area (Å²) in [5, 5.41) is 8.79. The second kappa shape index (κ2) is 6.09. The van der Waals surface area contributed by atoms with Crippen LogP contribution >= 0.6 is 11.3 Å². The second-order valence-corrected chi connectivity index (χ2v) is 7.57. The largest absolute Gasteiger partial charge is 0.354 e. The number of aromatic nitrogens is 2. The van der Waals surface area contributed by atoms with Crippen LogP contribution in [0.15, 0.2) is 23.8 Å². The molecule has 3 N–H and O–H groups in total. The Morgan fingerprint density at radius 2 is 2.30 bits per heavy atom. The first kappa shape index (κ1) is 14.9. The van der Waals surface area contributed by atoms with Crippen molar-refractivity contribution in [1.82, 2.24) is 20.6 Å². The molecule has 1 atom stereocenters. The summed E-state index contributed by atoms with van der Waals surface area (Å²) in [4.78, 5) is 21.7. The van der Waals surface area contributed by atoms with Crippen LogP contribution < -0.4 is 10.6 Å². The van der Waals surface area contributed by atoms with Gasteiger partial charge in [0, 0.05) is 23.5 Å². The van der Waals surface area contributed by atoms with Crippen molar-refractivity contribution in [2.24, 2.45) is 0 Å². The molecule has 0 aromatic carbocycles. The summed E-state index contributed by atoms with van der Waals surface area (Å²) in [6.07, 6.45) is 7.91. The molecule has 0 saturated heterocycles. The Labute approximate surface area is 139 Å². The third-order valence-corrected chi connectivity index (χ3v) is 5.99. The SMILES string of the molecule is O=C(NCCc1cccs1)C1Cc2[nH]cnc2C2(CCCC2)N1. The predicted octanol–water partition coefficient (Wildman–Crippen LogP) is 2.11. The van der Waals surface area contributed by atoms with E-state index >= 15 is 0 Å². The summed E-state index contributed by atoms with van der Waals surface area (Å²) in [5.41, 5.74) is 2.17. The maximum atomic E-state index is 12.6. The standard InChI is InChI=1S/C17H22N4OS/c22-16(18-8-5-12-4-3-9-23-12)14-10-13-15(20-11-19-13)17(21-14)6-1-2-7-17/h3-4,9,11,14,21H,1-2,5-8,10H2,(H,18,22)(H,19,20). The number of carbonyl (C=O) groups excluding carboxylic acids is 1. The maximum absolute atomic E-state index is 12.6. The zero-order chi connectivity index (χ0) is 15.7. The van der Waals surface area contributed by atoms with Crippen LogP contribution in [0, 0.1) is 0 Å². The van der Waals surface area contributed by atoms with E-state index in [-0.39, 0.29) is 17.5 Å². The van der Waals surface area contributed by atoms with Crippen LogP contribution in [0.1, 0.15) is 41.9 Å². The third kappa shape index (κ3) is 2.81. The molecule has 1 saturated carbocycles. The minimum absolute atomic E-state index is 0.0939. The molecular weight excluding hydrogens is 308 g/mol. The normalized spacial score (nSPS) is 22.2. The fourth-order valence-electron chi connectivity index (χ4n) is 3.95. The fraction of sp³-hybridized carbons (Fsp3) is 0.529. The third-order valence-electron chi connectivity index (χ3n) is 5.05. The van der Waals surface area contributed by atoms with Crippen LogP contribution in [-0.4, -0.2) is 28.5 Å². The van der Waals surface area contributed by atoms with Gasteiger partial charge in [-0.05, 0) is 30.7 Å². The first-order valence-corrected chi connectivity index (χ1v) is 9.25. The van der Waals surface area contributed by atoms with E-state index in [0.29, 0.717) is 13.0 Å². The van der Waals surface area contributed by atoms with Crippen molar-refractivity contribution >= 4 is 17.2 Å². The molecule has 2 aromatic rings. The molecule has 2 aromatic heterocycles. The van der Waals surface area contributed by atoms with Crippen molar-refractivity contribution in [1.29, 1.82) is 0 Å². The number of hydrogen-bond acceptors (Lipinski definition) is 4. The number of fused-ring (bicyclic) bond motifs is 2. The topological polar surface area (TPSA) is 69.8 Å². The highest BCUT2D eigenvalue weighted by atomic mass is 32.1. The molecule has 2 aliphatic rings. The average molecular weight is 330 g/mol. The smallest absolute Gasteiger partial charge is 0.237 e. The van der Waals surface area contributed by atoms with E-state index < -0.39 is 0 Å². The number of H-pyrrole nitrogens is 1. The van der Waals surface area contributed by atoms with Gasteiger partial charge in [-0.15, -0.1) is 11.3 Å². The minimum atomic E-state index is -0.163. The molecule has 122 valence electrons. The number of amides is 1. The van der Waals surface area contributed by atoms with Gasteiger partial charge in [-0.25, -0.2) is 4.98 Å². The molecule has 1 aliphatic carbocycles. The van der Waals surface area contributed by atoms with Crippen LogP contribution in [0.3, 0.4) is 0 Å². The Bertz CT molecular complexity index is 673. The zero-order valence-electron chi connectivity index (χ0n) is 13.1. The van der Waals surface area contributed by atoms with Crippen LogP contribution in [0.5, 0.6) is 0 Å². The van der Waals surface area contributed by atoms with Gasteiger partial charge >= 0.3 is 0 Å². The maximum Gasteiger partial charge on any atom is 0.237 e. The van der Waals surface area contributed by atoms with E-state index in [9.17, 15) is 4.79 Å². The summed E-state index contributed by atoms with van der Waals surface area (Å²) in [6.45, 7) is 0.695. The first-order chi connectivity index (χ1) is 11.3. The summed E-state index contributed by atoms with van der Waals surface area (Å²) >= 11 is 1.74. The lowest BCUT2D eigenvalue weighted by Crippen LogP contribution is -2.57. The van der Waals surface area contributed by atoms with E-state index in [2.05, 4.69) is 32.0 Å². The molecule has 1 spiro atoms. The van der Waals surface area contributed by atoms with Crippen molar-refractivity contribution in [2.75, 3.05) is 6.54 Å². The Balaban J connectivity index is 1.42. The number of imidazole rings is 1. The van der Waals surface area contributed by atoms with Gasteiger partial charge in [0.1, 0.15) is 0 Å². The van der Waals surface area contributed by atoms with Crippen molar-refractivity contribution < 1.29 is 4.79 Å². The van der Waals surface area contributed by atoms with Gasteiger partial charge < -0.3 is 10.3 Å². The van der Waals surface area contributed by atoms with Crippen LogP contribution in [0.25, 0.3) is 0 Å². The highest BCUT2D eigenvalue weighted by Crippen LogP contribution is 2.41. The quantitative estimate of drug-likeness (QED) is 0.804. The number of hydrogen-bond donors (Lipinski definition) is 3. The predicted molar refractivity (Wildman–Crippen MR) is 90.4 cm³/mol. The second-order valence-electron chi connectivity index (χ2n) is 6.54. The van der Waals surface area contributed by atoms with E-state index in [1.165, 1.54) is 17.7 Å². The molecule has 4 rings (SSSR count). The van der Waals surface area contributed by atoms with Crippen molar-refractivity contribution in [3.05, 3.63) is 40.1 Å². The van der Waals surface area contributed by atoms with Gasteiger partial charge in [-0.2, -0.15) is 0 Å². The monoisotopic (exact) mass is 330 g/mol. The van der Waals surface area contributed by atoms with E-state index in [1.807, 2.05) is 6.07 Å².